The largest absolute Gasteiger partial charge is 0.312 e. The molecule has 0 N–H and O–H groups in total. The normalized spacial score (nSPS) is 20.9. The summed E-state index contributed by atoms with van der Waals surface area (Å²) in [7, 11) is 0. The second-order valence-electron chi connectivity index (χ2n) is 7.85. The molecule has 2 aliphatic rings. The molecular weight excluding hydrogens is 428 g/mol. The number of rotatable bonds is 2. The van der Waals surface area contributed by atoms with Crippen LogP contribution in [-0.4, -0.2) is 24.9 Å². The summed E-state index contributed by atoms with van der Waals surface area (Å²) >= 11 is 9.58. The fraction of sp³-hybridized carbons (Fsp3) is 0.333. The number of carbonyl (C=O) groups excluding carboxylic acids is 2. The predicted molar refractivity (Wildman–Crippen MR) is 111 cm³/mol. The molecule has 1 fully saturated rings. The van der Waals surface area contributed by atoms with Crippen molar-refractivity contribution in [3.05, 3.63) is 57.5 Å². The molecule has 0 bridgehead atoms. The predicted octanol–water partition coefficient (Wildman–Crippen LogP) is 4.78. The number of amides is 2. The molecule has 2 amide bonds. The molecule has 2 aromatic rings. The van der Waals surface area contributed by atoms with E-state index in [4.69, 9.17) is 11.6 Å². The van der Waals surface area contributed by atoms with Gasteiger partial charge in [-0.15, -0.1) is 0 Å². The molecule has 4 nitrogen and oxygen atoms in total. The Kier molecular flexibility index (Phi) is 4.55. The van der Waals surface area contributed by atoms with Crippen LogP contribution in [0.15, 0.2) is 46.9 Å². The molecule has 2 heterocycles. The van der Waals surface area contributed by atoms with Crippen molar-refractivity contribution in [2.75, 3.05) is 22.9 Å². The van der Waals surface area contributed by atoms with E-state index in [-0.39, 0.29) is 29.6 Å². The van der Waals surface area contributed by atoms with Crippen molar-refractivity contribution in [1.82, 2.24) is 0 Å². The molecule has 0 aliphatic carbocycles. The molecule has 27 heavy (non-hydrogen) atoms. The molecule has 6 heteroatoms. The highest BCUT2D eigenvalue weighted by molar-refractivity contribution is 9.10. The van der Waals surface area contributed by atoms with E-state index in [0.29, 0.717) is 18.1 Å². The number of nitrogens with zero attached hydrogens (tertiary/aromatic N) is 2. The van der Waals surface area contributed by atoms with Crippen LogP contribution in [0.25, 0.3) is 0 Å². The molecule has 1 saturated heterocycles. The number of anilines is 2. The van der Waals surface area contributed by atoms with Gasteiger partial charge in [0.05, 0.1) is 5.92 Å². The van der Waals surface area contributed by atoms with Gasteiger partial charge in [-0.1, -0.05) is 47.4 Å². The third kappa shape index (κ3) is 3.27. The van der Waals surface area contributed by atoms with Gasteiger partial charge in [-0.2, -0.15) is 0 Å². The summed E-state index contributed by atoms with van der Waals surface area (Å²) in [6, 6.07) is 13.2. The lowest BCUT2D eigenvalue weighted by Crippen LogP contribution is -2.39. The molecule has 2 aliphatic heterocycles. The summed E-state index contributed by atoms with van der Waals surface area (Å²) in [6.07, 6.45) is 0.230. The minimum absolute atomic E-state index is 0.0158. The van der Waals surface area contributed by atoms with E-state index in [9.17, 15) is 9.59 Å². The van der Waals surface area contributed by atoms with Gasteiger partial charge in [-0.3, -0.25) is 9.59 Å². The Morgan fingerprint density at radius 3 is 2.74 bits per heavy atom. The van der Waals surface area contributed by atoms with Crippen molar-refractivity contribution in [3.8, 4) is 0 Å². The standard InChI is InChI=1S/C21H20BrClN2O2/c1-21(2)12-25(18-7-6-14(22)9-17(18)21)20(27)13-8-19(26)24(11-13)16-5-3-4-15(23)10-16/h3-7,9-10,13H,8,11-12H2,1-2H3/t13-/m0/s1. The quantitative estimate of drug-likeness (QED) is 0.665. The molecule has 1 atom stereocenters. The Labute approximate surface area is 172 Å². The van der Waals surface area contributed by atoms with E-state index in [1.807, 2.05) is 29.2 Å². The van der Waals surface area contributed by atoms with Gasteiger partial charge in [0.1, 0.15) is 0 Å². The minimum atomic E-state index is -0.345. The number of hydrogen-bond acceptors (Lipinski definition) is 2. The third-order valence-electron chi connectivity index (χ3n) is 5.39. The zero-order valence-corrected chi connectivity index (χ0v) is 17.5. The minimum Gasteiger partial charge on any atom is -0.312 e. The Morgan fingerprint density at radius 1 is 1.22 bits per heavy atom. The first-order chi connectivity index (χ1) is 12.8. The Balaban J connectivity index is 1.59. The zero-order chi connectivity index (χ0) is 19.3. The topological polar surface area (TPSA) is 40.6 Å². The molecule has 2 aromatic carbocycles. The van der Waals surface area contributed by atoms with E-state index < -0.39 is 0 Å². The average Bonchev–Trinajstić information content (AvgIpc) is 3.12. The van der Waals surface area contributed by atoms with Crippen molar-refractivity contribution in [1.29, 1.82) is 0 Å². The average molecular weight is 448 g/mol. The van der Waals surface area contributed by atoms with Gasteiger partial charge in [0, 0.05) is 45.8 Å². The second kappa shape index (κ2) is 6.64. The van der Waals surface area contributed by atoms with Crippen molar-refractivity contribution >= 4 is 50.7 Å². The summed E-state index contributed by atoms with van der Waals surface area (Å²) in [4.78, 5) is 29.3. The monoisotopic (exact) mass is 446 g/mol. The van der Waals surface area contributed by atoms with Gasteiger partial charge in [0.25, 0.3) is 0 Å². The maximum atomic E-state index is 13.3. The van der Waals surface area contributed by atoms with Crippen LogP contribution in [0.1, 0.15) is 25.8 Å². The fourth-order valence-corrected chi connectivity index (χ4v) is 4.58. The number of benzene rings is 2. The summed E-state index contributed by atoms with van der Waals surface area (Å²) in [5.41, 5.74) is 2.72. The molecular formula is C21H20BrClN2O2. The Hall–Kier alpha value is -1.85. The first kappa shape index (κ1) is 18.5. The molecule has 140 valence electrons. The van der Waals surface area contributed by atoms with Gasteiger partial charge < -0.3 is 9.80 Å². The van der Waals surface area contributed by atoms with Crippen LogP contribution in [0.5, 0.6) is 0 Å². The van der Waals surface area contributed by atoms with Crippen molar-refractivity contribution < 1.29 is 9.59 Å². The van der Waals surface area contributed by atoms with Crippen molar-refractivity contribution in [2.45, 2.75) is 25.7 Å². The zero-order valence-electron chi connectivity index (χ0n) is 15.2. The maximum absolute atomic E-state index is 13.3. The summed E-state index contributed by atoms with van der Waals surface area (Å²) < 4.78 is 1.01. The lowest BCUT2D eigenvalue weighted by Gasteiger charge is -2.23. The fourth-order valence-electron chi connectivity index (χ4n) is 4.03. The van der Waals surface area contributed by atoms with Gasteiger partial charge in [0.15, 0.2) is 0 Å². The van der Waals surface area contributed by atoms with Crippen LogP contribution in [0.3, 0.4) is 0 Å². The Morgan fingerprint density at radius 2 is 2.00 bits per heavy atom. The summed E-state index contributed by atoms with van der Waals surface area (Å²) in [5, 5.41) is 0.580. The second-order valence-corrected chi connectivity index (χ2v) is 9.21. The van der Waals surface area contributed by atoms with E-state index >= 15 is 0 Å². The number of fused-ring (bicyclic) bond motifs is 1. The SMILES string of the molecule is CC1(C)CN(C(=O)[C@H]2CC(=O)N(c3cccc(Cl)c3)C2)c2ccc(Br)cc21. The maximum Gasteiger partial charge on any atom is 0.232 e. The highest BCUT2D eigenvalue weighted by Crippen LogP contribution is 2.43. The van der Waals surface area contributed by atoms with Gasteiger partial charge >= 0.3 is 0 Å². The third-order valence-corrected chi connectivity index (χ3v) is 6.12. The summed E-state index contributed by atoms with van der Waals surface area (Å²) in [6.45, 7) is 5.30. The van der Waals surface area contributed by atoms with E-state index in [1.54, 1.807) is 17.0 Å². The van der Waals surface area contributed by atoms with Crippen molar-refractivity contribution in [2.24, 2.45) is 5.92 Å². The first-order valence-electron chi connectivity index (χ1n) is 8.93. The first-order valence-corrected chi connectivity index (χ1v) is 10.1. The van der Waals surface area contributed by atoms with E-state index in [2.05, 4.69) is 35.8 Å². The lowest BCUT2D eigenvalue weighted by atomic mass is 9.87. The van der Waals surface area contributed by atoms with Crippen LogP contribution in [-0.2, 0) is 15.0 Å². The molecule has 4 rings (SSSR count). The van der Waals surface area contributed by atoms with Crippen LogP contribution in [0.2, 0.25) is 5.02 Å². The summed E-state index contributed by atoms with van der Waals surface area (Å²) in [5.74, 6) is -0.367. The smallest absolute Gasteiger partial charge is 0.232 e. The van der Waals surface area contributed by atoms with Crippen LogP contribution in [0.4, 0.5) is 11.4 Å². The molecule has 0 aromatic heterocycles. The van der Waals surface area contributed by atoms with Crippen LogP contribution in [0, 0.1) is 5.92 Å². The molecule has 0 spiro atoms. The number of carbonyl (C=O) groups is 2. The number of halogens is 2. The van der Waals surface area contributed by atoms with Crippen molar-refractivity contribution in [3.63, 3.8) is 0 Å². The van der Waals surface area contributed by atoms with E-state index in [1.165, 1.54) is 0 Å². The highest BCUT2D eigenvalue weighted by atomic mass is 79.9. The van der Waals surface area contributed by atoms with Crippen LogP contribution < -0.4 is 9.80 Å². The molecule has 0 radical (unpaired) electrons. The Bertz CT molecular complexity index is 944. The van der Waals surface area contributed by atoms with Gasteiger partial charge in [0.2, 0.25) is 11.8 Å². The number of hydrogen-bond donors (Lipinski definition) is 0. The van der Waals surface area contributed by atoms with Gasteiger partial charge in [-0.25, -0.2) is 0 Å². The lowest BCUT2D eigenvalue weighted by molar-refractivity contribution is -0.124. The highest BCUT2D eigenvalue weighted by Gasteiger charge is 2.43. The van der Waals surface area contributed by atoms with Gasteiger partial charge in [-0.05, 0) is 42.0 Å². The molecule has 0 unspecified atom stereocenters. The van der Waals surface area contributed by atoms with E-state index in [0.717, 1.165) is 21.4 Å². The van der Waals surface area contributed by atoms with Crippen LogP contribution >= 0.6 is 27.5 Å². The molecule has 0 saturated carbocycles.